The molecule has 6 heteroatoms. The van der Waals surface area contributed by atoms with Crippen molar-refractivity contribution in [3.05, 3.63) is 29.1 Å². The predicted octanol–water partition coefficient (Wildman–Crippen LogP) is 4.46. The van der Waals surface area contributed by atoms with E-state index in [9.17, 15) is 9.59 Å². The van der Waals surface area contributed by atoms with Crippen LogP contribution in [-0.2, 0) is 9.59 Å². The average molecular weight is 385 g/mol. The van der Waals surface area contributed by atoms with Gasteiger partial charge in [-0.05, 0) is 56.9 Å². The molecule has 5 nitrogen and oxygen atoms in total. The molecule has 0 radical (unpaired) electrons. The van der Waals surface area contributed by atoms with Crippen molar-refractivity contribution in [3.63, 3.8) is 0 Å². The normalized spacial score (nSPS) is 24.5. The molecule has 0 spiro atoms. The van der Waals surface area contributed by atoms with E-state index in [1.54, 1.807) is 7.11 Å². The van der Waals surface area contributed by atoms with Crippen LogP contribution in [0.25, 0.3) is 11.3 Å². The first kappa shape index (κ1) is 18.2. The van der Waals surface area contributed by atoms with Crippen LogP contribution >= 0.6 is 11.3 Å². The number of benzene rings is 1. The Morgan fingerprint density at radius 1 is 1.19 bits per heavy atom. The summed E-state index contributed by atoms with van der Waals surface area (Å²) in [6.45, 7) is 2.01. The Morgan fingerprint density at radius 2 is 1.85 bits per heavy atom. The van der Waals surface area contributed by atoms with Gasteiger partial charge in [0.25, 0.3) is 0 Å². The number of carbonyl (C=O) groups excluding carboxylic acids is 2. The number of nitrogens with zero attached hydrogens (tertiary/aromatic N) is 1. The van der Waals surface area contributed by atoms with Crippen LogP contribution in [-0.4, -0.2) is 23.8 Å². The number of ether oxygens (including phenoxy) is 1. The lowest BCUT2D eigenvalue weighted by Crippen LogP contribution is -2.40. The second kappa shape index (κ2) is 7.43. The fourth-order valence-electron chi connectivity index (χ4n) is 4.37. The summed E-state index contributed by atoms with van der Waals surface area (Å²) in [6.07, 6.45) is 4.38. The molecule has 1 aromatic heterocycles. The third-order valence-electron chi connectivity index (χ3n) is 5.81. The largest absolute Gasteiger partial charge is 0.497 e. The van der Waals surface area contributed by atoms with Gasteiger partial charge in [-0.3, -0.25) is 9.59 Å². The molecule has 2 aliphatic carbocycles. The van der Waals surface area contributed by atoms with Gasteiger partial charge < -0.3 is 10.1 Å². The van der Waals surface area contributed by atoms with E-state index >= 15 is 0 Å². The SMILES string of the molecule is COc1ccc(-c2nc(NC(=O)C3C[C@H]4CCC[C@@H](C3)C4=O)sc2C)cc1. The van der Waals surface area contributed by atoms with Gasteiger partial charge in [0, 0.05) is 28.2 Å². The highest BCUT2D eigenvalue weighted by molar-refractivity contribution is 7.16. The molecule has 0 aliphatic heterocycles. The van der Waals surface area contributed by atoms with E-state index in [4.69, 9.17) is 4.74 Å². The molecule has 2 bridgehead atoms. The van der Waals surface area contributed by atoms with Crippen LogP contribution in [0.5, 0.6) is 5.75 Å². The number of nitrogens with one attached hydrogen (secondary N) is 1. The molecule has 2 fully saturated rings. The fraction of sp³-hybridized carbons (Fsp3) is 0.476. The average Bonchev–Trinajstić information content (AvgIpc) is 3.01. The highest BCUT2D eigenvalue weighted by Crippen LogP contribution is 2.40. The van der Waals surface area contributed by atoms with Crippen molar-refractivity contribution in [1.29, 1.82) is 0 Å². The number of aryl methyl sites for hydroxylation is 1. The number of rotatable bonds is 4. The minimum absolute atomic E-state index is 0.00873. The summed E-state index contributed by atoms with van der Waals surface area (Å²) in [5.74, 6) is 1.29. The third kappa shape index (κ3) is 3.63. The predicted molar refractivity (Wildman–Crippen MR) is 106 cm³/mol. The van der Waals surface area contributed by atoms with Crippen LogP contribution in [0, 0.1) is 24.7 Å². The van der Waals surface area contributed by atoms with Gasteiger partial charge in [-0.2, -0.15) is 0 Å². The molecule has 4 rings (SSSR count). The van der Waals surface area contributed by atoms with Gasteiger partial charge in [0.05, 0.1) is 12.8 Å². The highest BCUT2D eigenvalue weighted by atomic mass is 32.1. The first-order valence-corrected chi connectivity index (χ1v) is 10.3. The van der Waals surface area contributed by atoms with E-state index < -0.39 is 0 Å². The zero-order valence-corrected chi connectivity index (χ0v) is 16.5. The van der Waals surface area contributed by atoms with Crippen molar-refractivity contribution >= 4 is 28.2 Å². The molecule has 1 aromatic carbocycles. The molecule has 2 aliphatic rings. The first-order valence-electron chi connectivity index (χ1n) is 9.51. The van der Waals surface area contributed by atoms with Crippen molar-refractivity contribution in [1.82, 2.24) is 4.98 Å². The Kier molecular flexibility index (Phi) is 5.00. The third-order valence-corrected chi connectivity index (χ3v) is 6.70. The highest BCUT2D eigenvalue weighted by Gasteiger charge is 2.41. The van der Waals surface area contributed by atoms with E-state index in [1.807, 2.05) is 31.2 Å². The maximum atomic E-state index is 12.8. The summed E-state index contributed by atoms with van der Waals surface area (Å²) in [5.41, 5.74) is 1.89. The van der Waals surface area contributed by atoms with Crippen LogP contribution < -0.4 is 10.1 Å². The minimum atomic E-state index is -0.0772. The summed E-state index contributed by atoms with van der Waals surface area (Å²) in [7, 11) is 1.64. The van der Waals surface area contributed by atoms with Gasteiger partial charge in [0.2, 0.25) is 5.91 Å². The van der Waals surface area contributed by atoms with Crippen molar-refractivity contribution < 1.29 is 14.3 Å². The fourth-order valence-corrected chi connectivity index (χ4v) is 5.21. The zero-order valence-electron chi connectivity index (χ0n) is 15.7. The standard InChI is InChI=1S/C21H24N2O3S/c1-12-18(13-6-8-17(26-2)9-7-13)22-21(27-12)23-20(25)16-10-14-4-3-5-15(11-16)19(14)24/h6-9,14-16H,3-5,10-11H2,1-2H3,(H,22,23,25)/t14-,15+,16?. The summed E-state index contributed by atoms with van der Waals surface area (Å²) in [6, 6.07) is 7.76. The molecule has 1 unspecified atom stereocenters. The van der Waals surface area contributed by atoms with Crippen LogP contribution in [0.2, 0.25) is 0 Å². The first-order chi connectivity index (χ1) is 13.0. The number of carbonyl (C=O) groups is 2. The van der Waals surface area contributed by atoms with E-state index in [2.05, 4.69) is 10.3 Å². The van der Waals surface area contributed by atoms with Gasteiger partial charge >= 0.3 is 0 Å². The number of hydrogen-bond acceptors (Lipinski definition) is 5. The number of anilines is 1. The van der Waals surface area contributed by atoms with Crippen molar-refractivity contribution in [2.24, 2.45) is 17.8 Å². The van der Waals surface area contributed by atoms with Crippen LogP contribution in [0.3, 0.4) is 0 Å². The van der Waals surface area contributed by atoms with E-state index in [-0.39, 0.29) is 23.7 Å². The topological polar surface area (TPSA) is 68.3 Å². The summed E-state index contributed by atoms with van der Waals surface area (Å²) >= 11 is 1.49. The van der Waals surface area contributed by atoms with Gasteiger partial charge in [-0.1, -0.05) is 6.42 Å². The lowest BCUT2D eigenvalue weighted by molar-refractivity contribution is -0.136. The summed E-state index contributed by atoms with van der Waals surface area (Å²) in [5, 5.41) is 3.63. The lowest BCUT2D eigenvalue weighted by atomic mass is 9.67. The lowest BCUT2D eigenvalue weighted by Gasteiger charge is -2.36. The van der Waals surface area contributed by atoms with Gasteiger partial charge in [-0.25, -0.2) is 4.98 Å². The van der Waals surface area contributed by atoms with Crippen LogP contribution in [0.15, 0.2) is 24.3 Å². The Morgan fingerprint density at radius 3 is 2.48 bits per heavy atom. The number of Topliss-reactive ketones (excluding diaryl/α,β-unsaturated/α-hetero) is 1. The molecule has 2 saturated carbocycles. The van der Waals surface area contributed by atoms with Gasteiger partial charge in [0.15, 0.2) is 5.13 Å². The Hall–Kier alpha value is -2.21. The molecule has 142 valence electrons. The van der Waals surface area contributed by atoms with Gasteiger partial charge in [-0.15, -0.1) is 11.3 Å². The number of hydrogen-bond donors (Lipinski definition) is 1. The van der Waals surface area contributed by atoms with Gasteiger partial charge in [0.1, 0.15) is 11.5 Å². The van der Waals surface area contributed by atoms with Crippen molar-refractivity contribution in [2.75, 3.05) is 12.4 Å². The number of thiazole rings is 1. The van der Waals surface area contributed by atoms with E-state index in [0.717, 1.165) is 41.1 Å². The zero-order chi connectivity index (χ0) is 19.0. The molecule has 27 heavy (non-hydrogen) atoms. The molecular weight excluding hydrogens is 360 g/mol. The molecule has 3 atom stereocenters. The van der Waals surface area contributed by atoms with E-state index in [0.29, 0.717) is 23.8 Å². The maximum absolute atomic E-state index is 12.8. The number of amides is 1. The second-order valence-electron chi connectivity index (χ2n) is 7.54. The number of methoxy groups -OCH3 is 1. The molecular formula is C21H24N2O3S. The van der Waals surface area contributed by atoms with Crippen molar-refractivity contribution in [2.45, 2.75) is 39.0 Å². The molecule has 0 saturated heterocycles. The molecule has 1 amide bonds. The van der Waals surface area contributed by atoms with Crippen LogP contribution in [0.4, 0.5) is 5.13 Å². The van der Waals surface area contributed by atoms with Crippen LogP contribution in [0.1, 0.15) is 37.0 Å². The smallest absolute Gasteiger partial charge is 0.229 e. The summed E-state index contributed by atoms with van der Waals surface area (Å²) in [4.78, 5) is 30.7. The Balaban J connectivity index is 1.46. The monoisotopic (exact) mass is 384 g/mol. The molecule has 2 aromatic rings. The Labute approximate surface area is 163 Å². The molecule has 1 heterocycles. The quantitative estimate of drug-likeness (QED) is 0.845. The number of fused-ring (bicyclic) bond motifs is 2. The Bertz CT molecular complexity index is 843. The molecule has 1 N–H and O–H groups in total. The van der Waals surface area contributed by atoms with Crippen molar-refractivity contribution in [3.8, 4) is 17.0 Å². The van der Waals surface area contributed by atoms with E-state index in [1.165, 1.54) is 11.3 Å². The summed E-state index contributed by atoms with van der Waals surface area (Å²) < 4.78 is 5.20. The minimum Gasteiger partial charge on any atom is -0.497 e. The number of ketones is 1. The maximum Gasteiger partial charge on any atom is 0.229 e. The number of aromatic nitrogens is 1. The second-order valence-corrected chi connectivity index (χ2v) is 8.74.